The van der Waals surface area contributed by atoms with Crippen LogP contribution in [0.2, 0.25) is 0 Å². The van der Waals surface area contributed by atoms with Gasteiger partial charge in [0, 0.05) is 17.6 Å². The van der Waals surface area contributed by atoms with Crippen LogP contribution in [0.15, 0.2) is 35.0 Å². The number of carbonyl (C=O) groups excluding carboxylic acids is 1. The Bertz CT molecular complexity index is 922. The van der Waals surface area contributed by atoms with Crippen molar-refractivity contribution in [3.05, 3.63) is 40.6 Å². The Labute approximate surface area is 187 Å². The van der Waals surface area contributed by atoms with Crippen LogP contribution < -0.4 is 10.6 Å². The number of rotatable bonds is 4. The second-order valence-corrected chi connectivity index (χ2v) is 8.84. The predicted octanol–water partition coefficient (Wildman–Crippen LogP) is 5.44. The van der Waals surface area contributed by atoms with E-state index in [1.165, 1.54) is 12.8 Å². The number of nitrogens with one attached hydrogen (secondary N) is 2. The molecule has 2 fully saturated rings. The second kappa shape index (κ2) is 10.4. The summed E-state index contributed by atoms with van der Waals surface area (Å²) in [5.74, 6) is -2.27. The Morgan fingerprint density at radius 1 is 1.22 bits per heavy atom. The van der Waals surface area contributed by atoms with E-state index >= 15 is 0 Å². The first-order chi connectivity index (χ1) is 15.1. The van der Waals surface area contributed by atoms with E-state index in [1.807, 2.05) is 18.4 Å². The number of aliphatic carboxylic acids is 1. The van der Waals surface area contributed by atoms with Gasteiger partial charge in [-0.2, -0.15) is 24.5 Å². The van der Waals surface area contributed by atoms with Gasteiger partial charge in [0.2, 0.25) is 0 Å². The topological polar surface area (TPSA) is 87.7 Å². The molecule has 2 unspecified atom stereocenters. The number of piperidine rings is 1. The third-order valence-corrected chi connectivity index (χ3v) is 6.19. The molecule has 3 heterocycles. The number of amides is 1. The van der Waals surface area contributed by atoms with Crippen LogP contribution in [0.25, 0.3) is 11.1 Å². The summed E-state index contributed by atoms with van der Waals surface area (Å²) in [5.41, 5.74) is 4.08. The maximum Gasteiger partial charge on any atom is 0.490 e. The van der Waals surface area contributed by atoms with Crippen LogP contribution in [0.3, 0.4) is 0 Å². The van der Waals surface area contributed by atoms with Gasteiger partial charge in [-0.05, 0) is 72.5 Å². The van der Waals surface area contributed by atoms with Crippen LogP contribution in [0.1, 0.15) is 31.2 Å². The summed E-state index contributed by atoms with van der Waals surface area (Å²) < 4.78 is 37.3. The number of alkyl halides is 3. The average molecular weight is 471 g/mol. The number of hydrogen-bond donors (Lipinski definition) is 3. The van der Waals surface area contributed by atoms with Gasteiger partial charge in [0.1, 0.15) is 0 Å². The van der Waals surface area contributed by atoms with Crippen molar-refractivity contribution in [2.45, 2.75) is 50.9 Å². The second-order valence-electron chi connectivity index (χ2n) is 8.06. The van der Waals surface area contributed by atoms with Crippen molar-refractivity contribution < 1.29 is 32.6 Å². The number of aryl methyl sites for hydroxylation is 1. The summed E-state index contributed by atoms with van der Waals surface area (Å²) >= 11 is 1.65. The van der Waals surface area contributed by atoms with Crippen molar-refractivity contribution >= 4 is 29.1 Å². The molecule has 2 saturated heterocycles. The molecule has 1 amide bonds. The fourth-order valence-electron chi connectivity index (χ4n) is 4.08. The summed E-state index contributed by atoms with van der Waals surface area (Å²) in [7, 11) is 0. The first kappa shape index (κ1) is 24.1. The van der Waals surface area contributed by atoms with Crippen LogP contribution in [0.4, 0.5) is 23.7 Å². The van der Waals surface area contributed by atoms with E-state index in [9.17, 15) is 18.0 Å². The number of hydrogen-bond acceptors (Lipinski definition) is 5. The normalized spacial score (nSPS) is 21.9. The van der Waals surface area contributed by atoms with Gasteiger partial charge in [0.15, 0.2) is 0 Å². The molecule has 2 atom stereocenters. The molecule has 0 aliphatic carbocycles. The Balaban J connectivity index is 0.000000360. The first-order valence-corrected chi connectivity index (χ1v) is 11.2. The van der Waals surface area contributed by atoms with Crippen molar-refractivity contribution in [2.24, 2.45) is 5.92 Å². The number of ether oxygens (including phenoxy) is 1. The summed E-state index contributed by atoms with van der Waals surface area (Å²) in [6, 6.07) is 9.43. The van der Waals surface area contributed by atoms with E-state index in [-0.39, 0.29) is 6.09 Å². The monoisotopic (exact) mass is 470 g/mol. The molecule has 4 rings (SSSR count). The molecule has 3 N–H and O–H groups in total. The number of halogens is 3. The molecule has 1 aromatic carbocycles. The van der Waals surface area contributed by atoms with E-state index in [4.69, 9.17) is 14.6 Å². The third-order valence-electron chi connectivity index (χ3n) is 5.51. The lowest BCUT2D eigenvalue weighted by molar-refractivity contribution is -0.192. The molecule has 2 aliphatic rings. The maximum atomic E-state index is 12.3. The average Bonchev–Trinajstić information content (AvgIpc) is 3.36. The van der Waals surface area contributed by atoms with Crippen LogP contribution in [-0.4, -0.2) is 42.0 Å². The van der Waals surface area contributed by atoms with Gasteiger partial charge in [-0.1, -0.05) is 12.1 Å². The molecular formula is C22H25F3N2O4S. The first-order valence-electron chi connectivity index (χ1n) is 10.2. The maximum absolute atomic E-state index is 12.3. The summed E-state index contributed by atoms with van der Waals surface area (Å²) in [6.45, 7) is 2.54. The Morgan fingerprint density at radius 3 is 2.44 bits per heavy atom. The van der Waals surface area contributed by atoms with Gasteiger partial charge in [-0.3, -0.25) is 5.32 Å². The smallest absolute Gasteiger partial charge is 0.475 e. The fraction of sp³-hybridized carbons (Fsp3) is 0.455. The lowest BCUT2D eigenvalue weighted by Gasteiger charge is -2.28. The Morgan fingerprint density at radius 2 is 1.88 bits per heavy atom. The lowest BCUT2D eigenvalue weighted by Crippen LogP contribution is -2.39. The van der Waals surface area contributed by atoms with E-state index < -0.39 is 12.1 Å². The molecular weight excluding hydrogens is 445 g/mol. The summed E-state index contributed by atoms with van der Waals surface area (Å²) in [6.07, 6.45) is -0.669. The van der Waals surface area contributed by atoms with Crippen molar-refractivity contribution in [1.82, 2.24) is 5.32 Å². The van der Waals surface area contributed by atoms with Gasteiger partial charge in [-0.25, -0.2) is 9.59 Å². The highest BCUT2D eigenvalue weighted by molar-refractivity contribution is 7.08. The zero-order valence-corrected chi connectivity index (χ0v) is 18.3. The molecule has 0 radical (unpaired) electrons. The number of carbonyl (C=O) groups is 2. The minimum Gasteiger partial charge on any atom is -0.475 e. The molecule has 2 aliphatic heterocycles. The molecule has 10 heteroatoms. The van der Waals surface area contributed by atoms with Gasteiger partial charge in [0.25, 0.3) is 0 Å². The van der Waals surface area contributed by atoms with E-state index in [0.717, 1.165) is 35.2 Å². The molecule has 2 aromatic rings. The highest BCUT2D eigenvalue weighted by Gasteiger charge is 2.38. The van der Waals surface area contributed by atoms with Gasteiger partial charge < -0.3 is 15.2 Å². The van der Waals surface area contributed by atoms with E-state index in [2.05, 4.69) is 34.2 Å². The summed E-state index contributed by atoms with van der Waals surface area (Å²) in [5, 5.41) is 17.8. The van der Waals surface area contributed by atoms with Crippen molar-refractivity contribution in [3.63, 3.8) is 0 Å². The molecule has 6 nitrogen and oxygen atoms in total. The van der Waals surface area contributed by atoms with Crippen molar-refractivity contribution in [3.8, 4) is 11.1 Å². The Hall–Kier alpha value is -2.59. The third kappa shape index (κ3) is 6.70. The quantitative estimate of drug-likeness (QED) is 0.554. The molecule has 2 bridgehead atoms. The standard InChI is InChI=1S/C20H24N2O2S.C2HF3O2/c1-13-2-5-18(15-6-7-25-12-15)19(8-13)22-20(23)24-11-14-9-16-3-4-17(10-14)21-16;3-2(4,5)1(6)7/h2,5-8,12,14,16-17,21H,3-4,9-11H2,1H3,(H,22,23);(H,6,7). The highest BCUT2D eigenvalue weighted by atomic mass is 32.1. The number of carboxylic acid groups (broad SMARTS) is 1. The summed E-state index contributed by atoms with van der Waals surface area (Å²) in [4.78, 5) is 21.2. The number of carboxylic acids is 1. The van der Waals surface area contributed by atoms with Crippen LogP contribution in [0.5, 0.6) is 0 Å². The lowest BCUT2D eigenvalue weighted by atomic mass is 9.93. The van der Waals surface area contributed by atoms with Crippen LogP contribution >= 0.6 is 11.3 Å². The minimum atomic E-state index is -5.08. The zero-order chi connectivity index (χ0) is 23.3. The van der Waals surface area contributed by atoms with Gasteiger partial charge in [-0.15, -0.1) is 0 Å². The van der Waals surface area contributed by atoms with E-state index in [0.29, 0.717) is 24.6 Å². The fourth-order valence-corrected chi connectivity index (χ4v) is 4.74. The zero-order valence-electron chi connectivity index (χ0n) is 17.4. The van der Waals surface area contributed by atoms with Crippen molar-refractivity contribution in [1.29, 1.82) is 0 Å². The number of benzene rings is 1. The van der Waals surface area contributed by atoms with Gasteiger partial charge in [0.05, 0.1) is 12.3 Å². The minimum absolute atomic E-state index is 0.354. The van der Waals surface area contributed by atoms with Crippen LogP contribution in [0, 0.1) is 12.8 Å². The molecule has 174 valence electrons. The van der Waals surface area contributed by atoms with E-state index in [1.54, 1.807) is 11.3 Å². The molecule has 32 heavy (non-hydrogen) atoms. The highest BCUT2D eigenvalue weighted by Crippen LogP contribution is 2.32. The number of anilines is 1. The molecule has 1 aromatic heterocycles. The van der Waals surface area contributed by atoms with Crippen molar-refractivity contribution in [2.75, 3.05) is 11.9 Å². The number of thiophene rings is 1. The Kier molecular flexibility index (Phi) is 7.78. The van der Waals surface area contributed by atoms with Crippen LogP contribution in [-0.2, 0) is 9.53 Å². The molecule has 0 spiro atoms. The number of fused-ring (bicyclic) bond motifs is 2. The largest absolute Gasteiger partial charge is 0.490 e. The predicted molar refractivity (Wildman–Crippen MR) is 116 cm³/mol. The SMILES string of the molecule is Cc1ccc(-c2ccsc2)c(NC(=O)OCC2CC3CCC(C2)N3)c1.O=C(O)C(F)(F)F. The molecule has 0 saturated carbocycles. The van der Waals surface area contributed by atoms with Gasteiger partial charge >= 0.3 is 18.2 Å².